The highest BCUT2D eigenvalue weighted by atomic mass is 79.9. The number of ether oxygens (including phenoxy) is 2. The second-order valence-corrected chi connectivity index (χ2v) is 4.58. The maximum absolute atomic E-state index is 13.8. The second kappa shape index (κ2) is 5.84. The van der Waals surface area contributed by atoms with Crippen molar-refractivity contribution < 1.29 is 18.7 Å². The van der Waals surface area contributed by atoms with Crippen molar-refractivity contribution in [3.63, 3.8) is 0 Å². The number of esters is 1. The molecule has 2 aromatic rings. The van der Waals surface area contributed by atoms with Crippen LogP contribution >= 0.6 is 15.9 Å². The van der Waals surface area contributed by atoms with Gasteiger partial charge in [0.15, 0.2) is 11.6 Å². The molecule has 0 aliphatic carbocycles. The Kier molecular flexibility index (Phi) is 4.16. The third-order valence-electron chi connectivity index (χ3n) is 2.41. The van der Waals surface area contributed by atoms with Gasteiger partial charge in [-0.25, -0.2) is 9.18 Å². The Hall–Kier alpha value is -1.88. The van der Waals surface area contributed by atoms with Gasteiger partial charge in [0.05, 0.1) is 7.11 Å². The van der Waals surface area contributed by atoms with E-state index in [1.165, 1.54) is 25.3 Å². The Balaban J connectivity index is 2.38. The normalized spacial score (nSPS) is 10.1. The Morgan fingerprint density at radius 2 is 1.84 bits per heavy atom. The molecule has 0 fully saturated rings. The predicted molar refractivity (Wildman–Crippen MR) is 72.0 cm³/mol. The van der Waals surface area contributed by atoms with E-state index in [0.29, 0.717) is 5.75 Å². The molecule has 19 heavy (non-hydrogen) atoms. The van der Waals surface area contributed by atoms with Crippen LogP contribution in [0.4, 0.5) is 4.39 Å². The maximum Gasteiger partial charge on any atom is 0.341 e. The van der Waals surface area contributed by atoms with Crippen LogP contribution in [-0.2, 0) is 4.74 Å². The predicted octanol–water partition coefficient (Wildman–Crippen LogP) is 4.17. The van der Waals surface area contributed by atoms with Crippen LogP contribution in [0.15, 0.2) is 46.9 Å². The third kappa shape index (κ3) is 3.12. The summed E-state index contributed by atoms with van der Waals surface area (Å²) in [5.74, 6) is -0.979. The van der Waals surface area contributed by atoms with Crippen molar-refractivity contribution in [3.05, 3.63) is 58.3 Å². The topological polar surface area (TPSA) is 35.5 Å². The number of hydrogen-bond acceptors (Lipinski definition) is 3. The van der Waals surface area contributed by atoms with Crippen molar-refractivity contribution in [2.45, 2.75) is 0 Å². The summed E-state index contributed by atoms with van der Waals surface area (Å²) in [5.41, 5.74) is 0.0467. The lowest BCUT2D eigenvalue weighted by molar-refractivity contribution is 0.0597. The minimum atomic E-state index is -0.647. The minimum absolute atomic E-state index is 0.0467. The number of benzene rings is 2. The number of rotatable bonds is 3. The van der Waals surface area contributed by atoms with E-state index >= 15 is 0 Å². The molecule has 0 saturated carbocycles. The van der Waals surface area contributed by atoms with E-state index in [4.69, 9.17) is 4.74 Å². The number of hydrogen-bond donors (Lipinski definition) is 0. The van der Waals surface area contributed by atoms with Gasteiger partial charge < -0.3 is 9.47 Å². The van der Waals surface area contributed by atoms with Crippen LogP contribution in [0.1, 0.15) is 10.4 Å². The number of methoxy groups -OCH3 is 1. The molecule has 98 valence electrons. The summed E-state index contributed by atoms with van der Waals surface area (Å²) in [4.78, 5) is 11.6. The Morgan fingerprint density at radius 3 is 2.47 bits per heavy atom. The molecule has 0 heterocycles. The van der Waals surface area contributed by atoms with Crippen LogP contribution in [0.5, 0.6) is 11.5 Å². The molecule has 0 N–H and O–H groups in total. The Bertz CT molecular complexity index is 596. The quantitative estimate of drug-likeness (QED) is 0.795. The molecule has 0 spiro atoms. The first-order chi connectivity index (χ1) is 9.11. The van der Waals surface area contributed by atoms with Crippen molar-refractivity contribution >= 4 is 21.9 Å². The largest absolute Gasteiger partial charge is 0.465 e. The lowest BCUT2D eigenvalue weighted by Gasteiger charge is -2.10. The fourth-order valence-corrected chi connectivity index (χ4v) is 1.77. The van der Waals surface area contributed by atoms with Crippen LogP contribution in [-0.4, -0.2) is 13.1 Å². The molecule has 0 aromatic heterocycles. The highest BCUT2D eigenvalue weighted by molar-refractivity contribution is 9.10. The van der Waals surface area contributed by atoms with Crippen molar-refractivity contribution in [1.82, 2.24) is 0 Å². The highest BCUT2D eigenvalue weighted by Crippen LogP contribution is 2.29. The molecule has 0 bridgehead atoms. The number of carbonyl (C=O) groups excluding carboxylic acids is 1. The monoisotopic (exact) mass is 324 g/mol. The van der Waals surface area contributed by atoms with Crippen LogP contribution in [0.25, 0.3) is 0 Å². The van der Waals surface area contributed by atoms with Gasteiger partial charge in [-0.2, -0.15) is 0 Å². The molecule has 0 atom stereocenters. The zero-order valence-electron chi connectivity index (χ0n) is 10.0. The fourth-order valence-electron chi connectivity index (χ4n) is 1.50. The van der Waals surface area contributed by atoms with E-state index in [9.17, 15) is 9.18 Å². The molecule has 0 unspecified atom stereocenters. The molecule has 5 heteroatoms. The molecule has 0 amide bonds. The van der Waals surface area contributed by atoms with Gasteiger partial charge in [-0.05, 0) is 36.4 Å². The lowest BCUT2D eigenvalue weighted by atomic mass is 10.2. The smallest absolute Gasteiger partial charge is 0.341 e. The van der Waals surface area contributed by atoms with E-state index in [0.717, 1.165) is 4.47 Å². The highest BCUT2D eigenvalue weighted by Gasteiger charge is 2.17. The molecule has 2 aromatic carbocycles. The minimum Gasteiger partial charge on any atom is -0.465 e. The molecule has 0 aliphatic rings. The fraction of sp³-hybridized carbons (Fsp3) is 0.0714. The van der Waals surface area contributed by atoms with Crippen LogP contribution in [0.2, 0.25) is 0 Å². The zero-order chi connectivity index (χ0) is 13.8. The summed E-state index contributed by atoms with van der Waals surface area (Å²) in [6, 6.07) is 10.9. The molecule has 0 aliphatic heterocycles. The Labute approximate surface area is 118 Å². The van der Waals surface area contributed by atoms with Crippen LogP contribution < -0.4 is 4.74 Å². The number of para-hydroxylation sites is 1. The van der Waals surface area contributed by atoms with Crippen molar-refractivity contribution in [1.29, 1.82) is 0 Å². The van der Waals surface area contributed by atoms with E-state index in [2.05, 4.69) is 20.7 Å². The van der Waals surface area contributed by atoms with Crippen LogP contribution in [0, 0.1) is 5.82 Å². The molecular formula is C14H10BrFO3. The first-order valence-electron chi connectivity index (χ1n) is 5.42. The second-order valence-electron chi connectivity index (χ2n) is 3.66. The van der Waals surface area contributed by atoms with E-state index in [-0.39, 0.29) is 11.3 Å². The van der Waals surface area contributed by atoms with Gasteiger partial charge in [-0.15, -0.1) is 0 Å². The summed E-state index contributed by atoms with van der Waals surface area (Å²) in [6.45, 7) is 0. The summed E-state index contributed by atoms with van der Waals surface area (Å²) in [7, 11) is 1.23. The number of halogens is 2. The third-order valence-corrected chi connectivity index (χ3v) is 2.93. The molecule has 2 rings (SSSR count). The average molecular weight is 325 g/mol. The summed E-state index contributed by atoms with van der Waals surface area (Å²) in [6.07, 6.45) is 0. The van der Waals surface area contributed by atoms with Crippen molar-refractivity contribution in [2.75, 3.05) is 7.11 Å². The van der Waals surface area contributed by atoms with Gasteiger partial charge in [-0.3, -0.25) is 0 Å². The number of carbonyl (C=O) groups is 1. The molecule has 0 radical (unpaired) electrons. The van der Waals surface area contributed by atoms with Crippen molar-refractivity contribution in [2.24, 2.45) is 0 Å². The van der Waals surface area contributed by atoms with E-state index in [1.807, 2.05) is 0 Å². The van der Waals surface area contributed by atoms with Crippen molar-refractivity contribution in [3.8, 4) is 11.5 Å². The first-order valence-corrected chi connectivity index (χ1v) is 6.21. The summed E-state index contributed by atoms with van der Waals surface area (Å²) >= 11 is 3.29. The molecule has 3 nitrogen and oxygen atoms in total. The van der Waals surface area contributed by atoms with Gasteiger partial charge in [-0.1, -0.05) is 22.0 Å². The average Bonchev–Trinajstić information content (AvgIpc) is 2.42. The Morgan fingerprint density at radius 1 is 1.16 bits per heavy atom. The zero-order valence-corrected chi connectivity index (χ0v) is 11.6. The van der Waals surface area contributed by atoms with E-state index in [1.54, 1.807) is 24.3 Å². The summed E-state index contributed by atoms with van der Waals surface area (Å²) < 4.78 is 24.7. The van der Waals surface area contributed by atoms with Gasteiger partial charge in [0.1, 0.15) is 11.3 Å². The molecular weight excluding hydrogens is 315 g/mol. The van der Waals surface area contributed by atoms with Gasteiger partial charge in [0.25, 0.3) is 0 Å². The van der Waals surface area contributed by atoms with Crippen LogP contribution in [0.3, 0.4) is 0 Å². The van der Waals surface area contributed by atoms with Gasteiger partial charge in [0, 0.05) is 4.47 Å². The van der Waals surface area contributed by atoms with Gasteiger partial charge in [0.2, 0.25) is 0 Å². The SMILES string of the molecule is COC(=O)c1cccc(F)c1Oc1ccc(Br)cc1. The van der Waals surface area contributed by atoms with E-state index < -0.39 is 11.8 Å². The molecule has 0 saturated heterocycles. The first kappa shape index (κ1) is 13.5. The maximum atomic E-state index is 13.8. The summed E-state index contributed by atoms with van der Waals surface area (Å²) in [5, 5.41) is 0. The lowest BCUT2D eigenvalue weighted by Crippen LogP contribution is -2.05. The van der Waals surface area contributed by atoms with Gasteiger partial charge >= 0.3 is 5.97 Å². The standard InChI is InChI=1S/C14H10BrFO3/c1-18-14(17)11-3-2-4-12(16)13(11)19-10-7-5-9(15)6-8-10/h2-8H,1H3.